The SMILES string of the molecule is COCC(C)CC(=O)N1CCN(C(C)C(=O)O)CC1. The standard InChI is InChI=1S/C13H24N2O4/c1-10(9-19-3)8-12(16)15-6-4-14(5-7-15)11(2)13(17)18/h10-11H,4-9H2,1-3H3,(H,17,18). The van der Waals surface area contributed by atoms with E-state index in [1.807, 2.05) is 16.7 Å². The number of amides is 1. The first-order valence-corrected chi connectivity index (χ1v) is 6.69. The van der Waals surface area contributed by atoms with Gasteiger partial charge in [0.05, 0.1) is 0 Å². The number of aliphatic carboxylic acids is 1. The average Bonchev–Trinajstić information content (AvgIpc) is 2.38. The fraction of sp³-hybridized carbons (Fsp3) is 0.846. The van der Waals surface area contributed by atoms with Gasteiger partial charge in [0, 0.05) is 46.3 Å². The second-order valence-electron chi connectivity index (χ2n) is 5.20. The molecule has 0 aliphatic carbocycles. The van der Waals surface area contributed by atoms with Crippen LogP contribution in [0.2, 0.25) is 0 Å². The lowest BCUT2D eigenvalue weighted by Gasteiger charge is -2.37. The molecule has 0 spiro atoms. The lowest BCUT2D eigenvalue weighted by Crippen LogP contribution is -2.53. The first kappa shape index (κ1) is 15.9. The molecule has 1 fully saturated rings. The van der Waals surface area contributed by atoms with Gasteiger partial charge >= 0.3 is 5.97 Å². The van der Waals surface area contributed by atoms with E-state index < -0.39 is 12.0 Å². The summed E-state index contributed by atoms with van der Waals surface area (Å²) >= 11 is 0. The zero-order valence-electron chi connectivity index (χ0n) is 12.0. The molecule has 0 radical (unpaired) electrons. The van der Waals surface area contributed by atoms with Crippen molar-refractivity contribution in [3.8, 4) is 0 Å². The number of nitrogens with zero attached hydrogens (tertiary/aromatic N) is 2. The lowest BCUT2D eigenvalue weighted by molar-refractivity contribution is -0.144. The molecule has 1 aliphatic heterocycles. The van der Waals surface area contributed by atoms with Crippen LogP contribution in [0.25, 0.3) is 0 Å². The number of rotatable bonds is 6. The van der Waals surface area contributed by atoms with Gasteiger partial charge in [-0.2, -0.15) is 0 Å². The lowest BCUT2D eigenvalue weighted by atomic mass is 10.1. The van der Waals surface area contributed by atoms with E-state index in [9.17, 15) is 9.59 Å². The molecule has 0 aromatic heterocycles. The van der Waals surface area contributed by atoms with Crippen LogP contribution in [0.15, 0.2) is 0 Å². The Morgan fingerprint density at radius 3 is 2.26 bits per heavy atom. The maximum absolute atomic E-state index is 12.0. The Morgan fingerprint density at radius 2 is 1.79 bits per heavy atom. The largest absolute Gasteiger partial charge is 0.480 e. The molecule has 1 rings (SSSR count). The Bertz CT molecular complexity index is 314. The predicted molar refractivity (Wildman–Crippen MR) is 70.9 cm³/mol. The number of methoxy groups -OCH3 is 1. The van der Waals surface area contributed by atoms with Gasteiger partial charge in [0.15, 0.2) is 0 Å². The minimum absolute atomic E-state index is 0.132. The molecule has 110 valence electrons. The number of carboxylic acid groups (broad SMARTS) is 1. The zero-order chi connectivity index (χ0) is 14.4. The number of carbonyl (C=O) groups excluding carboxylic acids is 1. The molecule has 0 aromatic rings. The normalized spacial score (nSPS) is 20.1. The molecule has 6 heteroatoms. The quantitative estimate of drug-likeness (QED) is 0.752. The van der Waals surface area contributed by atoms with Crippen molar-refractivity contribution >= 4 is 11.9 Å². The van der Waals surface area contributed by atoms with E-state index in [1.54, 1.807) is 14.0 Å². The van der Waals surface area contributed by atoms with E-state index >= 15 is 0 Å². The number of hydrogen-bond acceptors (Lipinski definition) is 4. The fourth-order valence-electron chi connectivity index (χ4n) is 2.29. The molecule has 1 N–H and O–H groups in total. The van der Waals surface area contributed by atoms with Crippen LogP contribution in [0.4, 0.5) is 0 Å². The summed E-state index contributed by atoms with van der Waals surface area (Å²) in [5.41, 5.74) is 0. The number of ether oxygens (including phenoxy) is 1. The van der Waals surface area contributed by atoms with Crippen molar-refractivity contribution in [2.75, 3.05) is 39.9 Å². The molecule has 1 amide bonds. The number of carboxylic acids is 1. The Labute approximate surface area is 114 Å². The average molecular weight is 272 g/mol. The first-order chi connectivity index (χ1) is 8.95. The van der Waals surface area contributed by atoms with Crippen molar-refractivity contribution in [1.82, 2.24) is 9.80 Å². The van der Waals surface area contributed by atoms with Gasteiger partial charge in [-0.15, -0.1) is 0 Å². The van der Waals surface area contributed by atoms with Crippen molar-refractivity contribution in [2.24, 2.45) is 5.92 Å². The van der Waals surface area contributed by atoms with Crippen LogP contribution < -0.4 is 0 Å². The second kappa shape index (κ2) is 7.45. The Morgan fingerprint density at radius 1 is 1.21 bits per heavy atom. The summed E-state index contributed by atoms with van der Waals surface area (Å²) in [6, 6.07) is -0.482. The fourth-order valence-corrected chi connectivity index (χ4v) is 2.29. The highest BCUT2D eigenvalue weighted by molar-refractivity contribution is 5.76. The van der Waals surface area contributed by atoms with Crippen LogP contribution in [0.3, 0.4) is 0 Å². The van der Waals surface area contributed by atoms with Gasteiger partial charge in [-0.1, -0.05) is 6.92 Å². The first-order valence-electron chi connectivity index (χ1n) is 6.69. The molecular weight excluding hydrogens is 248 g/mol. The minimum atomic E-state index is -0.812. The molecular formula is C13H24N2O4. The summed E-state index contributed by atoms with van der Waals surface area (Å²) in [5.74, 6) is -0.464. The molecule has 1 saturated heterocycles. The molecule has 2 atom stereocenters. The van der Waals surface area contributed by atoms with Crippen molar-refractivity contribution in [3.05, 3.63) is 0 Å². The van der Waals surface area contributed by atoms with Crippen LogP contribution >= 0.6 is 0 Å². The van der Waals surface area contributed by atoms with Crippen LogP contribution in [-0.2, 0) is 14.3 Å². The van der Waals surface area contributed by atoms with Gasteiger partial charge in [-0.05, 0) is 12.8 Å². The smallest absolute Gasteiger partial charge is 0.320 e. The zero-order valence-corrected chi connectivity index (χ0v) is 12.0. The molecule has 1 heterocycles. The van der Waals surface area contributed by atoms with Crippen molar-refractivity contribution in [3.63, 3.8) is 0 Å². The Balaban J connectivity index is 2.37. The van der Waals surface area contributed by atoms with Gasteiger partial charge in [0.1, 0.15) is 6.04 Å². The maximum Gasteiger partial charge on any atom is 0.320 e. The molecule has 19 heavy (non-hydrogen) atoms. The van der Waals surface area contributed by atoms with Gasteiger partial charge in [0.2, 0.25) is 5.91 Å². The Hall–Kier alpha value is -1.14. The van der Waals surface area contributed by atoms with E-state index in [0.29, 0.717) is 39.2 Å². The van der Waals surface area contributed by atoms with Crippen LogP contribution in [0, 0.1) is 5.92 Å². The second-order valence-corrected chi connectivity index (χ2v) is 5.20. The Kier molecular flexibility index (Phi) is 6.24. The predicted octanol–water partition coefficient (Wildman–Crippen LogP) is 0.276. The van der Waals surface area contributed by atoms with E-state index in [2.05, 4.69) is 0 Å². The van der Waals surface area contributed by atoms with Gasteiger partial charge in [-0.3, -0.25) is 14.5 Å². The molecule has 1 aliphatic rings. The van der Waals surface area contributed by atoms with Crippen LogP contribution in [0.5, 0.6) is 0 Å². The third kappa shape index (κ3) is 4.80. The highest BCUT2D eigenvalue weighted by atomic mass is 16.5. The third-order valence-corrected chi connectivity index (χ3v) is 3.55. The van der Waals surface area contributed by atoms with Crippen molar-refractivity contribution in [2.45, 2.75) is 26.3 Å². The minimum Gasteiger partial charge on any atom is -0.480 e. The van der Waals surface area contributed by atoms with Crippen molar-refractivity contribution < 1.29 is 19.4 Å². The van der Waals surface area contributed by atoms with Crippen LogP contribution in [-0.4, -0.2) is 72.7 Å². The maximum atomic E-state index is 12.0. The number of hydrogen-bond donors (Lipinski definition) is 1. The van der Waals surface area contributed by atoms with E-state index in [-0.39, 0.29) is 11.8 Å². The highest BCUT2D eigenvalue weighted by Crippen LogP contribution is 2.11. The topological polar surface area (TPSA) is 70.1 Å². The molecule has 0 aromatic carbocycles. The van der Waals surface area contributed by atoms with Crippen LogP contribution in [0.1, 0.15) is 20.3 Å². The van der Waals surface area contributed by atoms with E-state index in [4.69, 9.17) is 9.84 Å². The van der Waals surface area contributed by atoms with E-state index in [0.717, 1.165) is 0 Å². The number of piperazine rings is 1. The third-order valence-electron chi connectivity index (χ3n) is 3.55. The summed E-state index contributed by atoms with van der Waals surface area (Å²) in [4.78, 5) is 26.6. The number of carbonyl (C=O) groups is 2. The summed E-state index contributed by atoms with van der Waals surface area (Å²) in [6.45, 7) is 6.72. The van der Waals surface area contributed by atoms with Gasteiger partial charge in [0.25, 0.3) is 0 Å². The van der Waals surface area contributed by atoms with Gasteiger partial charge in [-0.25, -0.2) is 0 Å². The highest BCUT2D eigenvalue weighted by Gasteiger charge is 2.27. The van der Waals surface area contributed by atoms with Crippen molar-refractivity contribution in [1.29, 1.82) is 0 Å². The molecule has 2 unspecified atom stereocenters. The van der Waals surface area contributed by atoms with E-state index in [1.165, 1.54) is 0 Å². The van der Waals surface area contributed by atoms with Gasteiger partial charge < -0.3 is 14.7 Å². The summed E-state index contributed by atoms with van der Waals surface area (Å²) < 4.78 is 5.02. The summed E-state index contributed by atoms with van der Waals surface area (Å²) in [7, 11) is 1.63. The monoisotopic (exact) mass is 272 g/mol. The molecule has 0 bridgehead atoms. The molecule has 6 nitrogen and oxygen atoms in total. The molecule has 0 saturated carbocycles. The summed E-state index contributed by atoms with van der Waals surface area (Å²) in [5, 5.41) is 8.95. The summed E-state index contributed by atoms with van der Waals surface area (Å²) in [6.07, 6.45) is 0.488.